The van der Waals surface area contributed by atoms with Gasteiger partial charge in [0.25, 0.3) is 0 Å². The lowest BCUT2D eigenvalue weighted by Crippen LogP contribution is -2.39. The molecular formula is C24H31FN4O2. The van der Waals surface area contributed by atoms with E-state index in [0.717, 1.165) is 13.0 Å². The van der Waals surface area contributed by atoms with Gasteiger partial charge in [0.05, 0.1) is 6.54 Å². The summed E-state index contributed by atoms with van der Waals surface area (Å²) in [6.07, 6.45) is 1.03. The molecule has 31 heavy (non-hydrogen) atoms. The fourth-order valence-corrected chi connectivity index (χ4v) is 3.49. The molecule has 6 nitrogen and oxygen atoms in total. The second-order valence-electron chi connectivity index (χ2n) is 7.65. The first-order valence-corrected chi connectivity index (χ1v) is 10.8. The highest BCUT2D eigenvalue weighted by molar-refractivity contribution is 5.80. The fraction of sp³-hybridized carbons (Fsp3) is 0.417. The third kappa shape index (κ3) is 6.98. The van der Waals surface area contributed by atoms with Gasteiger partial charge in [-0.2, -0.15) is 0 Å². The molecule has 0 spiro atoms. The van der Waals surface area contributed by atoms with Crippen molar-refractivity contribution in [3.8, 4) is 5.75 Å². The van der Waals surface area contributed by atoms with Crippen LogP contribution in [0.4, 0.5) is 4.39 Å². The van der Waals surface area contributed by atoms with Crippen molar-refractivity contribution in [2.45, 2.75) is 45.9 Å². The summed E-state index contributed by atoms with van der Waals surface area (Å²) >= 11 is 0. The molecule has 2 N–H and O–H groups in total. The first kappa shape index (κ1) is 22.6. The normalized spacial score (nSPS) is 14.2. The minimum atomic E-state index is -0.324. The van der Waals surface area contributed by atoms with Gasteiger partial charge in [0.2, 0.25) is 5.91 Å². The van der Waals surface area contributed by atoms with Gasteiger partial charge < -0.3 is 20.3 Å². The van der Waals surface area contributed by atoms with Gasteiger partial charge in [0, 0.05) is 38.7 Å². The minimum Gasteiger partial charge on any atom is -0.489 e. The number of hydrogen-bond acceptors (Lipinski definition) is 3. The monoisotopic (exact) mass is 426 g/mol. The average molecular weight is 427 g/mol. The number of aliphatic imine (C=N–C) groups is 1. The molecule has 1 aliphatic heterocycles. The maximum atomic E-state index is 13.3. The van der Waals surface area contributed by atoms with E-state index in [2.05, 4.69) is 27.8 Å². The Morgan fingerprint density at radius 2 is 1.90 bits per heavy atom. The highest BCUT2D eigenvalue weighted by Crippen LogP contribution is 2.22. The van der Waals surface area contributed by atoms with Gasteiger partial charge in [-0.3, -0.25) is 4.79 Å². The Labute approximate surface area is 183 Å². The number of ether oxygens (including phenoxy) is 1. The number of carbonyl (C=O) groups excluding carboxylic acids is 1. The summed E-state index contributed by atoms with van der Waals surface area (Å²) in [4.78, 5) is 19.0. The van der Waals surface area contributed by atoms with Crippen LogP contribution in [0.15, 0.2) is 53.5 Å². The van der Waals surface area contributed by atoms with E-state index in [1.807, 2.05) is 30.9 Å². The summed E-state index contributed by atoms with van der Waals surface area (Å²) in [5.41, 5.74) is 2.48. The summed E-state index contributed by atoms with van der Waals surface area (Å²) in [6, 6.07) is 14.3. The topological polar surface area (TPSA) is 66.0 Å². The van der Waals surface area contributed by atoms with Crippen LogP contribution < -0.4 is 15.4 Å². The summed E-state index contributed by atoms with van der Waals surface area (Å²) in [6.45, 7) is 7.11. The molecule has 7 heteroatoms. The molecule has 0 saturated heterocycles. The summed E-state index contributed by atoms with van der Waals surface area (Å²) in [7, 11) is 0. The van der Waals surface area contributed by atoms with Crippen LogP contribution >= 0.6 is 0 Å². The third-order valence-electron chi connectivity index (χ3n) is 5.04. The van der Waals surface area contributed by atoms with Crippen LogP contribution in [0.3, 0.4) is 0 Å². The van der Waals surface area contributed by atoms with Crippen molar-refractivity contribution in [1.82, 2.24) is 15.5 Å². The van der Waals surface area contributed by atoms with Crippen molar-refractivity contribution < 1.29 is 13.9 Å². The molecule has 1 unspecified atom stereocenters. The van der Waals surface area contributed by atoms with Gasteiger partial charge in [-0.15, -0.1) is 0 Å². The number of benzene rings is 2. The van der Waals surface area contributed by atoms with E-state index in [9.17, 15) is 9.18 Å². The lowest BCUT2D eigenvalue weighted by Gasteiger charge is -2.17. The van der Waals surface area contributed by atoms with Gasteiger partial charge in [-0.05, 0) is 43.5 Å². The lowest BCUT2D eigenvalue weighted by molar-refractivity contribution is -0.131. The molecule has 0 fully saturated rings. The smallest absolute Gasteiger partial charge is 0.223 e. The largest absolute Gasteiger partial charge is 0.489 e. The minimum absolute atomic E-state index is 0.178. The quantitative estimate of drug-likeness (QED) is 0.366. The van der Waals surface area contributed by atoms with Crippen LogP contribution in [0.5, 0.6) is 5.75 Å². The molecule has 2 aromatic carbocycles. The third-order valence-corrected chi connectivity index (χ3v) is 5.04. The second-order valence-corrected chi connectivity index (χ2v) is 7.65. The second kappa shape index (κ2) is 11.3. The molecule has 0 aromatic heterocycles. The number of hydrogen-bond donors (Lipinski definition) is 2. The molecular weight excluding hydrogens is 395 g/mol. The number of nitrogens with one attached hydrogen (secondary N) is 2. The van der Waals surface area contributed by atoms with E-state index >= 15 is 0 Å². The van der Waals surface area contributed by atoms with E-state index < -0.39 is 0 Å². The zero-order valence-electron chi connectivity index (χ0n) is 18.2. The highest BCUT2D eigenvalue weighted by Gasteiger charge is 2.22. The van der Waals surface area contributed by atoms with Crippen LogP contribution in [-0.2, 0) is 17.9 Å². The van der Waals surface area contributed by atoms with Crippen molar-refractivity contribution in [3.63, 3.8) is 0 Å². The maximum absolute atomic E-state index is 13.3. The maximum Gasteiger partial charge on any atom is 0.223 e. The molecule has 166 valence electrons. The van der Waals surface area contributed by atoms with Crippen LogP contribution in [0.2, 0.25) is 0 Å². The zero-order chi connectivity index (χ0) is 22.1. The van der Waals surface area contributed by atoms with Crippen molar-refractivity contribution >= 4 is 11.9 Å². The number of guanidine groups is 1. The van der Waals surface area contributed by atoms with Gasteiger partial charge in [-0.1, -0.05) is 30.3 Å². The van der Waals surface area contributed by atoms with Crippen molar-refractivity contribution in [3.05, 3.63) is 65.5 Å². The SMILES string of the molecule is CCNC(=NCC(C)Oc1cccc(F)c1)NCCCC(=O)N1Cc2ccccc2C1. The van der Waals surface area contributed by atoms with Crippen LogP contribution in [0.25, 0.3) is 0 Å². The first-order chi connectivity index (χ1) is 15.0. The molecule has 0 bridgehead atoms. The van der Waals surface area contributed by atoms with Crippen LogP contribution in [0, 0.1) is 5.82 Å². The Morgan fingerprint density at radius 1 is 1.16 bits per heavy atom. The number of halogens is 1. The Kier molecular flexibility index (Phi) is 8.27. The number of carbonyl (C=O) groups is 1. The number of nitrogens with zero attached hydrogens (tertiary/aromatic N) is 2. The van der Waals surface area contributed by atoms with Gasteiger partial charge in [-0.25, -0.2) is 9.38 Å². The average Bonchev–Trinajstić information content (AvgIpc) is 3.19. The van der Waals surface area contributed by atoms with Crippen molar-refractivity contribution in [2.75, 3.05) is 19.6 Å². The summed E-state index contributed by atoms with van der Waals surface area (Å²) < 4.78 is 19.0. The molecule has 1 amide bonds. The molecule has 0 radical (unpaired) electrons. The molecule has 2 aromatic rings. The Balaban J connectivity index is 1.39. The Bertz CT molecular complexity index is 878. The van der Waals surface area contributed by atoms with Crippen LogP contribution in [0.1, 0.15) is 37.8 Å². The van der Waals surface area contributed by atoms with E-state index in [1.54, 1.807) is 12.1 Å². The Hall–Kier alpha value is -3.09. The molecule has 1 heterocycles. The van der Waals surface area contributed by atoms with Crippen molar-refractivity contribution in [1.29, 1.82) is 0 Å². The molecule has 0 saturated carbocycles. The summed E-state index contributed by atoms with van der Waals surface area (Å²) in [5, 5.41) is 6.46. The standard InChI is InChI=1S/C24H31FN4O2/c1-3-26-24(28-15-18(2)31-22-11-6-10-21(25)14-22)27-13-7-12-23(30)29-16-19-8-4-5-9-20(19)17-29/h4-6,8-11,14,18H,3,7,12-13,15-17H2,1-2H3,(H2,26,27,28). The number of rotatable bonds is 9. The predicted octanol–water partition coefficient (Wildman–Crippen LogP) is 3.47. The highest BCUT2D eigenvalue weighted by atomic mass is 19.1. The summed E-state index contributed by atoms with van der Waals surface area (Å²) in [5.74, 6) is 1.02. The van der Waals surface area contributed by atoms with Gasteiger partial charge in [0.1, 0.15) is 17.7 Å². The zero-order valence-corrected chi connectivity index (χ0v) is 18.2. The number of amides is 1. The van der Waals surface area contributed by atoms with E-state index in [0.29, 0.717) is 44.3 Å². The lowest BCUT2D eigenvalue weighted by atomic mass is 10.1. The van der Waals surface area contributed by atoms with Crippen LogP contribution in [-0.4, -0.2) is 42.5 Å². The van der Waals surface area contributed by atoms with Gasteiger partial charge in [0.15, 0.2) is 5.96 Å². The molecule has 1 atom stereocenters. The first-order valence-electron chi connectivity index (χ1n) is 10.8. The molecule has 3 rings (SSSR count). The fourth-order valence-electron chi connectivity index (χ4n) is 3.49. The van der Waals surface area contributed by atoms with E-state index in [4.69, 9.17) is 4.74 Å². The predicted molar refractivity (Wildman–Crippen MR) is 120 cm³/mol. The van der Waals surface area contributed by atoms with Crippen molar-refractivity contribution in [2.24, 2.45) is 4.99 Å². The Morgan fingerprint density at radius 3 is 2.58 bits per heavy atom. The molecule has 0 aliphatic carbocycles. The number of fused-ring (bicyclic) bond motifs is 1. The van der Waals surface area contributed by atoms with E-state index in [1.165, 1.54) is 23.3 Å². The van der Waals surface area contributed by atoms with Gasteiger partial charge >= 0.3 is 0 Å². The molecule has 1 aliphatic rings. The van der Waals surface area contributed by atoms with E-state index in [-0.39, 0.29) is 17.8 Å².